The fraction of sp³-hybridized carbons (Fsp3) is 0.188. The molecule has 0 saturated heterocycles. The maximum Gasteiger partial charge on any atom is 0.418 e. The highest BCUT2D eigenvalue weighted by Gasteiger charge is 2.34. The van der Waals surface area contributed by atoms with Gasteiger partial charge < -0.3 is 9.47 Å². The minimum absolute atomic E-state index is 0.0107. The third-order valence-corrected chi connectivity index (χ3v) is 3.51. The third-order valence-electron chi connectivity index (χ3n) is 3.51. The van der Waals surface area contributed by atoms with Crippen LogP contribution in [0.4, 0.5) is 13.2 Å². The van der Waals surface area contributed by atoms with E-state index in [9.17, 15) is 13.2 Å². The zero-order valence-electron chi connectivity index (χ0n) is 12.4. The zero-order valence-corrected chi connectivity index (χ0v) is 12.4. The van der Waals surface area contributed by atoms with Crippen molar-refractivity contribution in [2.75, 3.05) is 14.2 Å². The zero-order chi connectivity index (χ0) is 16.6. The van der Waals surface area contributed by atoms with Crippen LogP contribution in [0.5, 0.6) is 11.5 Å². The van der Waals surface area contributed by atoms with E-state index in [1.165, 1.54) is 31.2 Å². The summed E-state index contributed by atoms with van der Waals surface area (Å²) in [6, 6.07) is 8.83. The second-order valence-corrected chi connectivity index (χ2v) is 4.84. The third kappa shape index (κ3) is 2.58. The second-order valence-electron chi connectivity index (χ2n) is 4.84. The molecule has 0 aliphatic rings. The van der Waals surface area contributed by atoms with Gasteiger partial charge in [0, 0.05) is 11.5 Å². The summed E-state index contributed by atoms with van der Waals surface area (Å²) in [4.78, 5) is 0. The van der Waals surface area contributed by atoms with Crippen LogP contribution in [-0.4, -0.2) is 24.0 Å². The maximum atomic E-state index is 13.3. The first kappa shape index (κ1) is 15.2. The summed E-state index contributed by atoms with van der Waals surface area (Å²) in [6.45, 7) is 0. The molecule has 7 heteroatoms. The fourth-order valence-corrected chi connectivity index (χ4v) is 2.45. The van der Waals surface area contributed by atoms with Gasteiger partial charge in [0.1, 0.15) is 17.2 Å². The molecule has 0 aliphatic carbocycles. The number of ether oxygens (including phenoxy) is 2. The normalized spacial score (nSPS) is 11.7. The van der Waals surface area contributed by atoms with Crippen LogP contribution in [0.1, 0.15) is 5.56 Å². The van der Waals surface area contributed by atoms with Crippen LogP contribution in [0.3, 0.4) is 0 Å². The van der Waals surface area contributed by atoms with Crippen molar-refractivity contribution in [3.63, 3.8) is 0 Å². The summed E-state index contributed by atoms with van der Waals surface area (Å²) in [5.74, 6) is 0.907. The van der Waals surface area contributed by atoms with Crippen molar-refractivity contribution in [1.82, 2.24) is 9.78 Å². The molecule has 0 amide bonds. The Balaban J connectivity index is 2.29. The first-order valence-electron chi connectivity index (χ1n) is 6.72. The van der Waals surface area contributed by atoms with Crippen molar-refractivity contribution in [1.29, 1.82) is 0 Å². The van der Waals surface area contributed by atoms with Crippen LogP contribution >= 0.6 is 0 Å². The van der Waals surface area contributed by atoms with Crippen molar-refractivity contribution in [3.8, 4) is 17.2 Å². The van der Waals surface area contributed by atoms with Gasteiger partial charge in [0.05, 0.1) is 31.5 Å². The van der Waals surface area contributed by atoms with Gasteiger partial charge in [-0.25, -0.2) is 4.68 Å². The van der Waals surface area contributed by atoms with E-state index in [2.05, 4.69) is 5.10 Å². The molecule has 0 saturated carbocycles. The number of benzene rings is 2. The number of halogens is 3. The number of aromatic nitrogens is 2. The van der Waals surface area contributed by atoms with E-state index in [-0.39, 0.29) is 5.52 Å². The van der Waals surface area contributed by atoms with Crippen LogP contribution < -0.4 is 9.47 Å². The summed E-state index contributed by atoms with van der Waals surface area (Å²) in [5.41, 5.74) is -0.353. The van der Waals surface area contributed by atoms with E-state index in [0.29, 0.717) is 22.6 Å². The van der Waals surface area contributed by atoms with Crippen LogP contribution in [-0.2, 0) is 6.18 Å². The Hall–Kier alpha value is -2.70. The molecular formula is C16H13F3N2O2. The quantitative estimate of drug-likeness (QED) is 0.729. The Morgan fingerprint density at radius 3 is 2.48 bits per heavy atom. The number of para-hydroxylation sites is 1. The largest absolute Gasteiger partial charge is 0.497 e. The predicted octanol–water partition coefficient (Wildman–Crippen LogP) is 4.06. The molecule has 0 aliphatic heterocycles. The molecule has 3 rings (SSSR count). The van der Waals surface area contributed by atoms with Crippen LogP contribution in [0, 0.1) is 0 Å². The summed E-state index contributed by atoms with van der Waals surface area (Å²) >= 11 is 0. The van der Waals surface area contributed by atoms with E-state index in [1.807, 2.05) is 0 Å². The van der Waals surface area contributed by atoms with E-state index < -0.39 is 11.7 Å². The standard InChI is InChI=1S/C16H13F3N2O2/c1-22-11-6-7-13(14(8-11)23-2)21-15-10(9-20-21)4-3-5-12(15)16(17,18)19/h3-9H,1-2H3. The van der Waals surface area contributed by atoms with Crippen molar-refractivity contribution in [2.45, 2.75) is 6.18 Å². The summed E-state index contributed by atoms with van der Waals surface area (Å²) in [5, 5.41) is 4.50. The van der Waals surface area contributed by atoms with Gasteiger partial charge in [-0.3, -0.25) is 0 Å². The average Bonchev–Trinajstić information content (AvgIpc) is 2.97. The summed E-state index contributed by atoms with van der Waals surface area (Å²) in [7, 11) is 2.94. The number of methoxy groups -OCH3 is 2. The van der Waals surface area contributed by atoms with Gasteiger partial charge in [0.2, 0.25) is 0 Å². The van der Waals surface area contributed by atoms with Gasteiger partial charge >= 0.3 is 6.18 Å². The topological polar surface area (TPSA) is 36.3 Å². The van der Waals surface area contributed by atoms with E-state index in [0.717, 1.165) is 6.07 Å². The maximum absolute atomic E-state index is 13.3. The van der Waals surface area contributed by atoms with Gasteiger partial charge in [0.15, 0.2) is 0 Å². The molecule has 0 fully saturated rings. The van der Waals surface area contributed by atoms with Crippen molar-refractivity contribution >= 4 is 10.9 Å². The molecule has 23 heavy (non-hydrogen) atoms. The highest BCUT2D eigenvalue weighted by molar-refractivity contribution is 5.84. The number of nitrogens with zero attached hydrogens (tertiary/aromatic N) is 2. The number of hydrogen-bond acceptors (Lipinski definition) is 3. The molecule has 0 spiro atoms. The molecule has 1 aromatic heterocycles. The molecule has 1 heterocycles. The minimum atomic E-state index is -4.48. The van der Waals surface area contributed by atoms with Gasteiger partial charge in [-0.1, -0.05) is 12.1 Å². The molecule has 0 radical (unpaired) electrons. The minimum Gasteiger partial charge on any atom is -0.497 e. The fourth-order valence-electron chi connectivity index (χ4n) is 2.45. The molecule has 4 nitrogen and oxygen atoms in total. The highest BCUT2D eigenvalue weighted by atomic mass is 19.4. The predicted molar refractivity (Wildman–Crippen MR) is 79.2 cm³/mol. The SMILES string of the molecule is COc1ccc(-n2ncc3cccc(C(F)(F)F)c32)c(OC)c1. The molecule has 3 aromatic rings. The Morgan fingerprint density at radius 2 is 1.83 bits per heavy atom. The first-order chi connectivity index (χ1) is 11.0. The lowest BCUT2D eigenvalue weighted by molar-refractivity contribution is -0.136. The molecule has 0 N–H and O–H groups in total. The lowest BCUT2D eigenvalue weighted by Crippen LogP contribution is -2.09. The molecule has 0 unspecified atom stereocenters. The average molecular weight is 322 g/mol. The first-order valence-corrected chi connectivity index (χ1v) is 6.72. The van der Waals surface area contributed by atoms with Crippen molar-refractivity contribution < 1.29 is 22.6 Å². The van der Waals surface area contributed by atoms with Crippen molar-refractivity contribution in [2.24, 2.45) is 0 Å². The molecule has 0 atom stereocenters. The molecular weight excluding hydrogens is 309 g/mol. The van der Waals surface area contributed by atoms with Gasteiger partial charge in [-0.2, -0.15) is 18.3 Å². The van der Waals surface area contributed by atoms with E-state index in [1.54, 1.807) is 24.3 Å². The summed E-state index contributed by atoms with van der Waals surface area (Å²) in [6.07, 6.45) is -3.08. The number of rotatable bonds is 3. The molecule has 2 aromatic carbocycles. The van der Waals surface area contributed by atoms with E-state index >= 15 is 0 Å². The highest BCUT2D eigenvalue weighted by Crippen LogP contribution is 2.37. The smallest absolute Gasteiger partial charge is 0.418 e. The Kier molecular flexibility index (Phi) is 3.63. The van der Waals surface area contributed by atoms with Gasteiger partial charge in [0.25, 0.3) is 0 Å². The summed E-state index contributed by atoms with van der Waals surface area (Å²) < 4.78 is 51.5. The van der Waals surface area contributed by atoms with Gasteiger partial charge in [-0.05, 0) is 18.2 Å². The number of alkyl halides is 3. The van der Waals surface area contributed by atoms with Crippen molar-refractivity contribution in [3.05, 3.63) is 48.2 Å². The Morgan fingerprint density at radius 1 is 1.04 bits per heavy atom. The molecule has 0 bridgehead atoms. The van der Waals surface area contributed by atoms with Gasteiger partial charge in [-0.15, -0.1) is 0 Å². The lowest BCUT2D eigenvalue weighted by atomic mass is 10.1. The monoisotopic (exact) mass is 322 g/mol. The lowest BCUT2D eigenvalue weighted by Gasteiger charge is -2.14. The Bertz CT molecular complexity index is 856. The Labute approximate surface area is 130 Å². The second kappa shape index (κ2) is 5.49. The number of fused-ring (bicyclic) bond motifs is 1. The van der Waals surface area contributed by atoms with Crippen LogP contribution in [0.15, 0.2) is 42.6 Å². The molecule has 120 valence electrons. The van der Waals surface area contributed by atoms with E-state index in [4.69, 9.17) is 9.47 Å². The number of hydrogen-bond donors (Lipinski definition) is 0. The van der Waals surface area contributed by atoms with Crippen LogP contribution in [0.25, 0.3) is 16.6 Å². The van der Waals surface area contributed by atoms with Crippen LogP contribution in [0.2, 0.25) is 0 Å².